The van der Waals surface area contributed by atoms with Crippen molar-refractivity contribution < 1.29 is 19.0 Å². The second kappa shape index (κ2) is 6.94. The van der Waals surface area contributed by atoms with E-state index in [1.165, 1.54) is 0 Å². The fourth-order valence-corrected chi connectivity index (χ4v) is 3.14. The number of aliphatic carboxylic acids is 1. The number of para-hydroxylation sites is 1. The van der Waals surface area contributed by atoms with E-state index in [0.717, 1.165) is 0 Å². The predicted molar refractivity (Wildman–Crippen MR) is 74.5 cm³/mol. The molecule has 0 aliphatic heterocycles. The Morgan fingerprint density at radius 3 is 2.47 bits per heavy atom. The number of carbonyl (C=O) groups is 1. The van der Waals surface area contributed by atoms with Gasteiger partial charge >= 0.3 is 12.8 Å². The van der Waals surface area contributed by atoms with Gasteiger partial charge in [-0.05, 0) is 24.5 Å². The van der Waals surface area contributed by atoms with E-state index in [2.05, 4.69) is 5.09 Å². The molecule has 1 unspecified atom stereocenters. The molecule has 0 aliphatic carbocycles. The number of hydrogen-bond acceptors (Lipinski definition) is 3. The minimum atomic E-state index is -3.74. The highest BCUT2D eigenvalue weighted by molar-refractivity contribution is 7.84. The van der Waals surface area contributed by atoms with Gasteiger partial charge in [-0.3, -0.25) is 4.79 Å². The molecule has 2 atom stereocenters. The molecule has 0 bridgehead atoms. The summed E-state index contributed by atoms with van der Waals surface area (Å²) in [6.45, 7) is 0.000471. The molecule has 0 heterocycles. The molecule has 0 amide bonds. The van der Waals surface area contributed by atoms with E-state index in [1.807, 2.05) is 13.8 Å². The first kappa shape index (κ1) is 16.0. The third-order valence-electron chi connectivity index (χ3n) is 2.28. The van der Waals surface area contributed by atoms with Crippen molar-refractivity contribution in [3.05, 3.63) is 30.3 Å². The third-order valence-corrected chi connectivity index (χ3v) is 3.85. The number of rotatable bonds is 7. The summed E-state index contributed by atoms with van der Waals surface area (Å²) in [6.07, 6.45) is 0.310. The van der Waals surface area contributed by atoms with E-state index in [4.69, 9.17) is 20.9 Å². The van der Waals surface area contributed by atoms with Crippen molar-refractivity contribution in [1.29, 1.82) is 0 Å². The van der Waals surface area contributed by atoms with Crippen LogP contribution >= 0.6 is 18.1 Å². The van der Waals surface area contributed by atoms with Gasteiger partial charge < -0.3 is 9.63 Å². The number of halogens is 1. The van der Waals surface area contributed by atoms with E-state index >= 15 is 0 Å². The molecule has 19 heavy (non-hydrogen) atoms. The summed E-state index contributed by atoms with van der Waals surface area (Å²) in [5.74, 6) is -0.657. The van der Waals surface area contributed by atoms with Crippen LogP contribution in [0.3, 0.4) is 0 Å². The molecular formula is C12H17ClNO4P. The van der Waals surface area contributed by atoms with Gasteiger partial charge in [0.2, 0.25) is 0 Å². The minimum absolute atomic E-state index is 0.127. The fraction of sp³-hybridized carbons (Fsp3) is 0.417. The van der Waals surface area contributed by atoms with Gasteiger partial charge in [0.15, 0.2) is 0 Å². The minimum Gasteiger partial charge on any atom is -0.480 e. The van der Waals surface area contributed by atoms with Gasteiger partial charge in [0.05, 0.1) is 0 Å². The van der Waals surface area contributed by atoms with E-state index in [1.54, 1.807) is 30.3 Å². The maximum atomic E-state index is 12.0. The normalized spacial score (nSPS) is 15.8. The van der Waals surface area contributed by atoms with E-state index in [0.29, 0.717) is 12.2 Å². The van der Waals surface area contributed by atoms with Gasteiger partial charge in [0.25, 0.3) is 0 Å². The summed E-state index contributed by atoms with van der Waals surface area (Å²) in [5.41, 5.74) is 0. The van der Waals surface area contributed by atoms with Crippen LogP contribution in [0.15, 0.2) is 30.3 Å². The highest BCUT2D eigenvalue weighted by Gasteiger charge is 2.30. The smallest absolute Gasteiger partial charge is 0.409 e. The lowest BCUT2D eigenvalue weighted by Crippen LogP contribution is -2.35. The number of nitrogens with one attached hydrogen (secondary N) is 1. The van der Waals surface area contributed by atoms with Crippen LogP contribution in [0.2, 0.25) is 0 Å². The summed E-state index contributed by atoms with van der Waals surface area (Å²) in [4.78, 5) is 11.1. The molecule has 0 radical (unpaired) electrons. The molecule has 1 aromatic carbocycles. The zero-order chi connectivity index (χ0) is 14.5. The van der Waals surface area contributed by atoms with Gasteiger partial charge in [-0.1, -0.05) is 32.0 Å². The molecule has 0 saturated heterocycles. The number of benzene rings is 1. The average molecular weight is 306 g/mol. The maximum Gasteiger partial charge on any atom is 0.409 e. The first-order valence-corrected chi connectivity index (χ1v) is 8.38. The Hall–Kier alpha value is -1.03. The van der Waals surface area contributed by atoms with E-state index in [9.17, 15) is 9.36 Å². The summed E-state index contributed by atoms with van der Waals surface area (Å²) in [5, 5.41) is 11.4. The largest absolute Gasteiger partial charge is 0.480 e. The quantitative estimate of drug-likeness (QED) is 0.754. The van der Waals surface area contributed by atoms with Gasteiger partial charge in [-0.25, -0.2) is 9.65 Å². The Morgan fingerprint density at radius 1 is 1.42 bits per heavy atom. The van der Waals surface area contributed by atoms with Crippen LogP contribution in [0.4, 0.5) is 0 Å². The van der Waals surface area contributed by atoms with Crippen molar-refractivity contribution in [3.63, 3.8) is 0 Å². The molecule has 1 rings (SSSR count). The summed E-state index contributed by atoms with van der Waals surface area (Å²) >= 11 is 5.75. The van der Waals surface area contributed by atoms with Crippen LogP contribution < -0.4 is 9.61 Å². The molecule has 0 aromatic heterocycles. The zero-order valence-corrected chi connectivity index (χ0v) is 12.4. The average Bonchev–Trinajstić information content (AvgIpc) is 2.27. The molecule has 0 spiro atoms. The Balaban J connectivity index is 2.71. The van der Waals surface area contributed by atoms with Crippen LogP contribution in [0.5, 0.6) is 5.75 Å². The fourth-order valence-electron chi connectivity index (χ4n) is 1.51. The first-order valence-electron chi connectivity index (χ1n) is 5.85. The van der Waals surface area contributed by atoms with Crippen molar-refractivity contribution in [1.82, 2.24) is 5.09 Å². The van der Waals surface area contributed by atoms with Gasteiger partial charge in [0, 0.05) is 11.2 Å². The van der Waals surface area contributed by atoms with Crippen LogP contribution in [-0.2, 0) is 9.36 Å². The Bertz CT molecular complexity index is 466. The topological polar surface area (TPSA) is 75.6 Å². The number of carboxylic acid groups (broad SMARTS) is 1. The highest BCUT2D eigenvalue weighted by atomic mass is 35.7. The van der Waals surface area contributed by atoms with Crippen molar-refractivity contribution in [2.45, 2.75) is 26.3 Å². The standard InChI is InChI=1S/C12H17ClNO4P/c1-9(2)8-11(12(15)16)14-19(13,17)18-10-6-4-3-5-7-10/h3-7,9,11H,8H2,1-2H3,(H,14,17)(H,15,16)/t11-,19?/m0/s1. The van der Waals surface area contributed by atoms with Crippen molar-refractivity contribution in [3.8, 4) is 5.75 Å². The molecule has 2 N–H and O–H groups in total. The molecule has 1 aromatic rings. The summed E-state index contributed by atoms with van der Waals surface area (Å²) in [6, 6.07) is 7.36. The molecule has 0 aliphatic rings. The Kier molecular flexibility index (Phi) is 5.85. The molecule has 7 heteroatoms. The lowest BCUT2D eigenvalue weighted by Gasteiger charge is -2.20. The molecule has 5 nitrogen and oxygen atoms in total. The lowest BCUT2D eigenvalue weighted by molar-refractivity contribution is -0.139. The second-order valence-corrected chi connectivity index (χ2v) is 7.27. The maximum absolute atomic E-state index is 12.0. The van der Waals surface area contributed by atoms with E-state index < -0.39 is 18.9 Å². The van der Waals surface area contributed by atoms with Crippen LogP contribution in [0, 0.1) is 5.92 Å². The highest BCUT2D eigenvalue weighted by Crippen LogP contribution is 2.48. The summed E-state index contributed by atoms with van der Waals surface area (Å²) in [7, 11) is 0. The Labute approximate surface area is 117 Å². The van der Waals surface area contributed by atoms with Gasteiger partial charge in [0.1, 0.15) is 11.8 Å². The van der Waals surface area contributed by atoms with Crippen LogP contribution in [0.25, 0.3) is 0 Å². The van der Waals surface area contributed by atoms with E-state index in [-0.39, 0.29) is 5.92 Å². The Morgan fingerprint density at radius 2 is 2.00 bits per heavy atom. The SMILES string of the molecule is CC(C)C[C@H](NP(=O)(Cl)Oc1ccccc1)C(=O)O. The van der Waals surface area contributed by atoms with Gasteiger partial charge in [-0.2, -0.15) is 0 Å². The molecule has 0 fully saturated rings. The number of carboxylic acids is 1. The molecular weight excluding hydrogens is 289 g/mol. The third kappa shape index (κ3) is 6.10. The van der Waals surface area contributed by atoms with Crippen molar-refractivity contribution in [2.75, 3.05) is 0 Å². The van der Waals surface area contributed by atoms with Gasteiger partial charge in [-0.15, -0.1) is 0 Å². The van der Waals surface area contributed by atoms with Crippen molar-refractivity contribution in [2.24, 2.45) is 5.92 Å². The monoisotopic (exact) mass is 305 g/mol. The zero-order valence-electron chi connectivity index (χ0n) is 10.7. The summed E-state index contributed by atoms with van der Waals surface area (Å²) < 4.78 is 17.2. The molecule has 106 valence electrons. The lowest BCUT2D eigenvalue weighted by atomic mass is 10.1. The number of hydrogen-bond donors (Lipinski definition) is 2. The van der Waals surface area contributed by atoms with Crippen LogP contribution in [-0.4, -0.2) is 17.1 Å². The first-order chi connectivity index (χ1) is 8.80. The van der Waals surface area contributed by atoms with Crippen LogP contribution in [0.1, 0.15) is 20.3 Å². The van der Waals surface area contributed by atoms with Crippen molar-refractivity contribution >= 4 is 24.1 Å². The molecule has 0 saturated carbocycles. The second-order valence-electron chi connectivity index (χ2n) is 4.53. The predicted octanol–water partition coefficient (Wildman–Crippen LogP) is 3.50.